The van der Waals surface area contributed by atoms with Gasteiger partial charge in [-0.1, -0.05) is 159 Å². The zero-order valence-electron chi connectivity index (χ0n) is 37.3. The summed E-state index contributed by atoms with van der Waals surface area (Å²) in [6.45, 7) is 13.9. The highest BCUT2D eigenvalue weighted by Crippen LogP contribution is 2.62. The highest BCUT2D eigenvalue weighted by Gasteiger charge is 2.49. The maximum Gasteiger partial charge on any atom is 0.136 e. The van der Waals surface area contributed by atoms with E-state index in [0.717, 1.165) is 38.9 Å². The Labute approximate surface area is 376 Å². The Hall–Kier alpha value is -7.42. The molecule has 2 aliphatic carbocycles. The lowest BCUT2D eigenvalue weighted by molar-refractivity contribution is 0.660. The Morgan fingerprint density at radius 1 is 0.438 bits per heavy atom. The van der Waals surface area contributed by atoms with E-state index in [1.165, 1.54) is 89.1 Å². The third kappa shape index (κ3) is 5.32. The lowest BCUT2D eigenvalue weighted by atomic mass is 9.66. The van der Waals surface area contributed by atoms with Crippen molar-refractivity contribution >= 4 is 39.0 Å². The zero-order valence-corrected chi connectivity index (χ0v) is 37.3. The molecule has 0 N–H and O–H groups in total. The number of nitrogens with zero attached hydrogens (tertiary/aromatic N) is 1. The summed E-state index contributed by atoms with van der Waals surface area (Å²) in [5.74, 6) is 0. The van der Waals surface area contributed by atoms with Crippen molar-refractivity contribution in [3.63, 3.8) is 0 Å². The van der Waals surface area contributed by atoms with E-state index in [1.54, 1.807) is 0 Å². The molecular formula is C62H49NO. The van der Waals surface area contributed by atoms with Crippen LogP contribution in [0.1, 0.15) is 69.5 Å². The van der Waals surface area contributed by atoms with E-state index in [4.69, 9.17) is 4.42 Å². The quantitative estimate of drug-likeness (QED) is 0.166. The summed E-state index contributed by atoms with van der Waals surface area (Å²) in [5, 5.41) is 2.28. The number of anilines is 3. The van der Waals surface area contributed by atoms with Gasteiger partial charge >= 0.3 is 0 Å². The molecule has 0 aliphatic heterocycles. The molecule has 0 amide bonds. The fraction of sp³-hybridized carbons (Fsp3) is 0.129. The molecule has 0 radical (unpaired) electrons. The van der Waals surface area contributed by atoms with Crippen LogP contribution in [0.15, 0.2) is 192 Å². The van der Waals surface area contributed by atoms with E-state index in [9.17, 15) is 0 Å². The molecule has 0 saturated carbocycles. The maximum atomic E-state index is 6.35. The van der Waals surface area contributed by atoms with Crippen LogP contribution in [0.3, 0.4) is 0 Å². The average Bonchev–Trinajstić information content (AvgIpc) is 3.93. The lowest BCUT2D eigenvalue weighted by Crippen LogP contribution is -2.30. The van der Waals surface area contributed by atoms with Crippen LogP contribution in [0.4, 0.5) is 17.1 Å². The summed E-state index contributed by atoms with van der Waals surface area (Å²) >= 11 is 0. The SMILES string of the molecule is Cc1cc2c(cc1C)C(c1ccccc1)(c1ccccc1)c1c(C)c(C)cc(N(c3ccc(-c4cccc5oc6ccccc6c45)cc3)c3ccc4c(c3)C(C)(C)c3ccccc3-4)c1-2. The van der Waals surface area contributed by atoms with Crippen molar-refractivity contribution in [2.75, 3.05) is 4.90 Å². The minimum absolute atomic E-state index is 0.161. The van der Waals surface area contributed by atoms with Crippen LogP contribution in [-0.2, 0) is 10.8 Å². The molecule has 64 heavy (non-hydrogen) atoms. The van der Waals surface area contributed by atoms with Crippen molar-refractivity contribution in [3.8, 4) is 33.4 Å². The zero-order chi connectivity index (χ0) is 43.5. The summed E-state index contributed by atoms with van der Waals surface area (Å²) in [6, 6.07) is 70.0. The number of benzene rings is 9. The summed E-state index contributed by atoms with van der Waals surface area (Å²) in [6.07, 6.45) is 0. The fourth-order valence-electron chi connectivity index (χ4n) is 11.5. The molecule has 9 aromatic carbocycles. The summed E-state index contributed by atoms with van der Waals surface area (Å²) in [4.78, 5) is 2.55. The monoisotopic (exact) mass is 823 g/mol. The molecule has 1 aromatic heterocycles. The van der Waals surface area contributed by atoms with Gasteiger partial charge in [0.15, 0.2) is 0 Å². The Morgan fingerprint density at radius 2 is 1.05 bits per heavy atom. The Kier molecular flexibility index (Phi) is 8.40. The van der Waals surface area contributed by atoms with Gasteiger partial charge in [0, 0.05) is 33.1 Å². The first-order valence-corrected chi connectivity index (χ1v) is 22.6. The number of furan rings is 1. The van der Waals surface area contributed by atoms with Crippen LogP contribution in [0.5, 0.6) is 0 Å². The smallest absolute Gasteiger partial charge is 0.136 e. The van der Waals surface area contributed by atoms with E-state index < -0.39 is 5.41 Å². The van der Waals surface area contributed by atoms with Crippen LogP contribution in [0.25, 0.3) is 55.3 Å². The summed E-state index contributed by atoms with van der Waals surface area (Å²) in [7, 11) is 0. The Balaban J connectivity index is 1.15. The van der Waals surface area contributed by atoms with Crippen molar-refractivity contribution in [2.45, 2.75) is 52.4 Å². The van der Waals surface area contributed by atoms with Gasteiger partial charge in [-0.25, -0.2) is 0 Å². The molecule has 2 nitrogen and oxygen atoms in total. The van der Waals surface area contributed by atoms with Crippen LogP contribution in [0, 0.1) is 27.7 Å². The van der Waals surface area contributed by atoms with Crippen LogP contribution < -0.4 is 4.90 Å². The van der Waals surface area contributed by atoms with Gasteiger partial charge in [-0.15, -0.1) is 0 Å². The largest absolute Gasteiger partial charge is 0.456 e. The van der Waals surface area contributed by atoms with Gasteiger partial charge in [0.1, 0.15) is 11.2 Å². The van der Waals surface area contributed by atoms with E-state index in [2.05, 4.69) is 228 Å². The normalized spacial score (nSPS) is 14.0. The summed E-state index contributed by atoms with van der Waals surface area (Å²) in [5.41, 5.74) is 25.2. The van der Waals surface area contributed by atoms with Crippen LogP contribution in [-0.4, -0.2) is 0 Å². The van der Waals surface area contributed by atoms with E-state index in [-0.39, 0.29) is 5.41 Å². The predicted octanol–water partition coefficient (Wildman–Crippen LogP) is 16.6. The van der Waals surface area contributed by atoms with Gasteiger partial charge in [-0.05, 0) is 154 Å². The number of rotatable bonds is 6. The van der Waals surface area contributed by atoms with Gasteiger partial charge in [-0.2, -0.15) is 0 Å². The predicted molar refractivity (Wildman–Crippen MR) is 268 cm³/mol. The minimum atomic E-state index is -0.542. The second kappa shape index (κ2) is 14.0. The Morgan fingerprint density at radius 3 is 1.80 bits per heavy atom. The molecule has 0 fully saturated rings. The number of fused-ring (bicyclic) bond motifs is 9. The third-order valence-electron chi connectivity index (χ3n) is 14.8. The second-order valence-corrected chi connectivity index (χ2v) is 18.6. The topological polar surface area (TPSA) is 16.4 Å². The number of hydrogen-bond acceptors (Lipinski definition) is 2. The van der Waals surface area contributed by atoms with Crippen molar-refractivity contribution in [1.29, 1.82) is 0 Å². The molecule has 0 atom stereocenters. The van der Waals surface area contributed by atoms with Crippen molar-refractivity contribution in [2.24, 2.45) is 0 Å². The molecule has 0 saturated heterocycles. The lowest BCUT2D eigenvalue weighted by Gasteiger charge is -2.36. The molecule has 1 heterocycles. The maximum absolute atomic E-state index is 6.35. The van der Waals surface area contributed by atoms with Crippen molar-refractivity contribution in [3.05, 3.63) is 244 Å². The first kappa shape index (κ1) is 38.3. The van der Waals surface area contributed by atoms with E-state index >= 15 is 0 Å². The van der Waals surface area contributed by atoms with Gasteiger partial charge in [-0.3, -0.25) is 0 Å². The molecule has 2 aliphatic rings. The summed E-state index contributed by atoms with van der Waals surface area (Å²) < 4.78 is 6.35. The molecular weight excluding hydrogens is 775 g/mol. The van der Waals surface area contributed by atoms with Gasteiger partial charge in [0.05, 0.1) is 11.1 Å². The van der Waals surface area contributed by atoms with Gasteiger partial charge < -0.3 is 9.32 Å². The molecule has 10 aromatic rings. The van der Waals surface area contributed by atoms with Gasteiger partial charge in [0.2, 0.25) is 0 Å². The van der Waals surface area contributed by atoms with Crippen molar-refractivity contribution < 1.29 is 4.42 Å². The number of hydrogen-bond donors (Lipinski definition) is 0. The van der Waals surface area contributed by atoms with Crippen LogP contribution in [0.2, 0.25) is 0 Å². The molecule has 0 spiro atoms. The third-order valence-corrected chi connectivity index (χ3v) is 14.8. The molecule has 308 valence electrons. The van der Waals surface area contributed by atoms with Gasteiger partial charge in [0.25, 0.3) is 0 Å². The highest BCUT2D eigenvalue weighted by atomic mass is 16.3. The highest BCUT2D eigenvalue weighted by molar-refractivity contribution is 6.12. The molecule has 0 unspecified atom stereocenters. The average molecular weight is 824 g/mol. The van der Waals surface area contributed by atoms with Crippen LogP contribution >= 0.6 is 0 Å². The molecule has 12 rings (SSSR count). The fourth-order valence-corrected chi connectivity index (χ4v) is 11.5. The first-order chi connectivity index (χ1) is 31.2. The number of aryl methyl sites for hydroxylation is 3. The second-order valence-electron chi connectivity index (χ2n) is 18.6. The minimum Gasteiger partial charge on any atom is -0.456 e. The van der Waals surface area contributed by atoms with E-state index in [1.807, 2.05) is 6.07 Å². The van der Waals surface area contributed by atoms with E-state index in [0.29, 0.717) is 0 Å². The molecule has 2 heteroatoms. The first-order valence-electron chi connectivity index (χ1n) is 22.6. The standard InChI is InChI=1S/C62H49NO/c1-38-34-51-54(35-39(38)2)62(43-18-9-7-10-19-43,44-20-11-8-12-21-44)60-41(4)40(3)36-55(59(51)60)63(46-32-33-49-48-22-13-15-25-52(48)61(5,6)53(49)37-46)45-30-28-42(29-31-45)47-24-17-27-57-58(47)50-23-14-16-26-56(50)64-57/h7-37H,1-6H3. The van der Waals surface area contributed by atoms with Crippen molar-refractivity contribution in [1.82, 2.24) is 0 Å². The molecule has 0 bridgehead atoms. The Bertz CT molecular complexity index is 3460. The number of para-hydroxylation sites is 1.